The van der Waals surface area contributed by atoms with Gasteiger partial charge in [-0.1, -0.05) is 30.3 Å². The zero-order valence-electron chi connectivity index (χ0n) is 10.8. The molecule has 3 N–H and O–H groups in total. The van der Waals surface area contributed by atoms with Gasteiger partial charge >= 0.3 is 0 Å². The molecular weight excluding hydrogens is 256 g/mol. The van der Waals surface area contributed by atoms with Crippen LogP contribution in [0.5, 0.6) is 0 Å². The van der Waals surface area contributed by atoms with E-state index >= 15 is 0 Å². The Morgan fingerprint density at radius 2 is 1.89 bits per heavy atom. The minimum Gasteiger partial charge on any atom is -0.294 e. The first-order chi connectivity index (χ1) is 9.29. The Morgan fingerprint density at radius 1 is 1.11 bits per heavy atom. The molecule has 0 aliphatic rings. The summed E-state index contributed by atoms with van der Waals surface area (Å²) in [7, 11) is 0. The van der Waals surface area contributed by atoms with Crippen LogP contribution in [0.3, 0.4) is 0 Å². The molecule has 4 heteroatoms. The Labute approximate surface area is 117 Å². The van der Waals surface area contributed by atoms with Gasteiger partial charge in [-0.15, -0.1) is 11.8 Å². The van der Waals surface area contributed by atoms with Crippen molar-refractivity contribution in [2.45, 2.75) is 24.2 Å². The second-order valence-corrected chi connectivity index (χ2v) is 5.55. The first-order valence-electron chi connectivity index (χ1n) is 6.40. The number of carbonyl (C=O) groups excluding carboxylic acids is 1. The maximum Gasteiger partial charge on any atom is 0.233 e. The summed E-state index contributed by atoms with van der Waals surface area (Å²) in [6.45, 7) is 0. The van der Waals surface area contributed by atoms with Gasteiger partial charge in [0.1, 0.15) is 0 Å². The van der Waals surface area contributed by atoms with E-state index in [1.54, 1.807) is 0 Å². The van der Waals surface area contributed by atoms with Crippen LogP contribution in [0.1, 0.15) is 19.3 Å². The third-order valence-corrected chi connectivity index (χ3v) is 4.03. The Bertz CT molecular complexity index is 557. The van der Waals surface area contributed by atoms with E-state index < -0.39 is 0 Å². The predicted octanol–water partition coefficient (Wildman–Crippen LogP) is 3.09. The van der Waals surface area contributed by atoms with Crippen molar-refractivity contribution in [2.75, 3.05) is 5.75 Å². The van der Waals surface area contributed by atoms with Crippen molar-refractivity contribution in [2.24, 2.45) is 5.84 Å². The van der Waals surface area contributed by atoms with Crippen molar-refractivity contribution >= 4 is 28.4 Å². The molecule has 0 fully saturated rings. The fraction of sp³-hybridized carbons (Fsp3) is 0.267. The molecular formula is C15H18N2OS. The number of carbonyl (C=O) groups is 1. The summed E-state index contributed by atoms with van der Waals surface area (Å²) >= 11 is 1.83. The van der Waals surface area contributed by atoms with E-state index in [-0.39, 0.29) is 5.91 Å². The zero-order valence-corrected chi connectivity index (χ0v) is 11.6. The lowest BCUT2D eigenvalue weighted by atomic mass is 10.1. The average Bonchev–Trinajstić information content (AvgIpc) is 2.46. The second-order valence-electron chi connectivity index (χ2n) is 4.38. The third kappa shape index (κ3) is 4.26. The van der Waals surface area contributed by atoms with Crippen LogP contribution in [0.25, 0.3) is 10.8 Å². The lowest BCUT2D eigenvalue weighted by molar-refractivity contribution is -0.121. The second kappa shape index (κ2) is 7.16. The smallest absolute Gasteiger partial charge is 0.233 e. The summed E-state index contributed by atoms with van der Waals surface area (Å²) in [4.78, 5) is 12.2. The van der Waals surface area contributed by atoms with Gasteiger partial charge in [0, 0.05) is 11.3 Å². The SMILES string of the molecule is NNC(=O)CCCCSc1ccc2ccccc2c1. The lowest BCUT2D eigenvalue weighted by Crippen LogP contribution is -2.29. The van der Waals surface area contributed by atoms with Gasteiger partial charge in [-0.25, -0.2) is 5.84 Å². The molecule has 1 amide bonds. The number of thioether (sulfide) groups is 1. The fourth-order valence-corrected chi connectivity index (χ4v) is 2.87. The van der Waals surface area contributed by atoms with E-state index in [1.165, 1.54) is 15.7 Å². The van der Waals surface area contributed by atoms with Crippen LogP contribution in [-0.2, 0) is 4.79 Å². The van der Waals surface area contributed by atoms with Crippen molar-refractivity contribution < 1.29 is 4.79 Å². The Hall–Kier alpha value is -1.52. The van der Waals surface area contributed by atoms with Crippen LogP contribution in [0.2, 0.25) is 0 Å². The molecule has 0 spiro atoms. The van der Waals surface area contributed by atoms with E-state index in [9.17, 15) is 4.79 Å². The van der Waals surface area contributed by atoms with Crippen LogP contribution in [0.4, 0.5) is 0 Å². The Morgan fingerprint density at radius 3 is 2.68 bits per heavy atom. The topological polar surface area (TPSA) is 55.1 Å². The van der Waals surface area contributed by atoms with Crippen LogP contribution in [0.15, 0.2) is 47.4 Å². The first-order valence-corrected chi connectivity index (χ1v) is 7.39. The predicted molar refractivity (Wildman–Crippen MR) is 80.9 cm³/mol. The van der Waals surface area contributed by atoms with Crippen LogP contribution in [-0.4, -0.2) is 11.7 Å². The highest BCUT2D eigenvalue weighted by molar-refractivity contribution is 7.99. The number of unbranched alkanes of at least 4 members (excludes halogenated alkanes) is 1. The highest BCUT2D eigenvalue weighted by atomic mass is 32.2. The van der Waals surface area contributed by atoms with E-state index in [0.717, 1.165) is 18.6 Å². The number of nitrogens with one attached hydrogen (secondary N) is 1. The average molecular weight is 274 g/mol. The van der Waals surface area contributed by atoms with E-state index in [2.05, 4.69) is 47.9 Å². The van der Waals surface area contributed by atoms with Gasteiger partial charge in [0.15, 0.2) is 0 Å². The number of amides is 1. The Balaban J connectivity index is 1.80. The van der Waals surface area contributed by atoms with Gasteiger partial charge in [0.05, 0.1) is 0 Å². The minimum atomic E-state index is -0.0873. The van der Waals surface area contributed by atoms with Crippen LogP contribution < -0.4 is 11.3 Å². The summed E-state index contributed by atoms with van der Waals surface area (Å²) in [6, 6.07) is 14.9. The molecule has 0 radical (unpaired) electrons. The quantitative estimate of drug-likeness (QED) is 0.280. The first kappa shape index (κ1) is 13.9. The largest absolute Gasteiger partial charge is 0.294 e. The molecule has 2 aromatic rings. The highest BCUT2D eigenvalue weighted by Crippen LogP contribution is 2.24. The highest BCUT2D eigenvalue weighted by Gasteiger charge is 1.99. The van der Waals surface area contributed by atoms with Gasteiger partial charge in [-0.2, -0.15) is 0 Å². The molecule has 19 heavy (non-hydrogen) atoms. The molecule has 0 aromatic heterocycles. The van der Waals surface area contributed by atoms with E-state index in [4.69, 9.17) is 5.84 Å². The molecule has 100 valence electrons. The van der Waals surface area contributed by atoms with E-state index in [0.29, 0.717) is 6.42 Å². The summed E-state index contributed by atoms with van der Waals surface area (Å²) in [5, 5.41) is 2.54. The van der Waals surface area contributed by atoms with Crippen LogP contribution in [0, 0.1) is 0 Å². The standard InChI is InChI=1S/C15H18N2OS/c16-17-15(18)7-3-4-10-19-14-9-8-12-5-1-2-6-13(12)11-14/h1-2,5-6,8-9,11H,3-4,7,10,16H2,(H,17,18). The van der Waals surface area contributed by atoms with Gasteiger partial charge < -0.3 is 0 Å². The van der Waals surface area contributed by atoms with Gasteiger partial charge in [-0.05, 0) is 41.5 Å². The molecule has 0 heterocycles. The molecule has 0 unspecified atom stereocenters. The molecule has 0 bridgehead atoms. The normalized spacial score (nSPS) is 10.6. The maximum absolute atomic E-state index is 10.9. The van der Waals surface area contributed by atoms with Gasteiger partial charge in [-0.3, -0.25) is 10.2 Å². The number of hydrogen-bond donors (Lipinski definition) is 2. The Kier molecular flexibility index (Phi) is 5.24. The molecule has 0 aliphatic carbocycles. The number of nitrogens with two attached hydrogens (primary N) is 1. The molecule has 0 aliphatic heterocycles. The van der Waals surface area contributed by atoms with Crippen molar-refractivity contribution in [1.82, 2.24) is 5.43 Å². The van der Waals surface area contributed by atoms with Crippen molar-refractivity contribution in [3.8, 4) is 0 Å². The summed E-state index contributed by atoms with van der Waals surface area (Å²) in [6.07, 6.45) is 2.41. The van der Waals surface area contributed by atoms with Crippen molar-refractivity contribution in [1.29, 1.82) is 0 Å². The molecule has 2 rings (SSSR count). The number of benzene rings is 2. The van der Waals surface area contributed by atoms with Crippen LogP contribution >= 0.6 is 11.8 Å². The number of hydrogen-bond acceptors (Lipinski definition) is 3. The van der Waals surface area contributed by atoms with Crippen molar-refractivity contribution in [3.05, 3.63) is 42.5 Å². The summed E-state index contributed by atoms with van der Waals surface area (Å²) < 4.78 is 0. The molecule has 0 saturated carbocycles. The van der Waals surface area contributed by atoms with E-state index in [1.807, 2.05) is 11.8 Å². The molecule has 0 atom stereocenters. The molecule has 3 nitrogen and oxygen atoms in total. The number of hydrazine groups is 1. The summed E-state index contributed by atoms with van der Waals surface area (Å²) in [5.41, 5.74) is 2.15. The minimum absolute atomic E-state index is 0.0873. The fourth-order valence-electron chi connectivity index (χ4n) is 1.91. The lowest BCUT2D eigenvalue weighted by Gasteiger charge is -2.04. The maximum atomic E-state index is 10.9. The van der Waals surface area contributed by atoms with Gasteiger partial charge in [0.25, 0.3) is 0 Å². The molecule has 0 saturated heterocycles. The van der Waals surface area contributed by atoms with Gasteiger partial charge in [0.2, 0.25) is 5.91 Å². The monoisotopic (exact) mass is 274 g/mol. The summed E-state index contributed by atoms with van der Waals surface area (Å²) in [5.74, 6) is 5.96. The number of rotatable bonds is 6. The number of fused-ring (bicyclic) bond motifs is 1. The molecule has 2 aromatic carbocycles. The third-order valence-electron chi connectivity index (χ3n) is 2.95. The van der Waals surface area contributed by atoms with Crippen molar-refractivity contribution in [3.63, 3.8) is 0 Å². The zero-order chi connectivity index (χ0) is 13.5.